The molecule has 0 atom stereocenters. The highest BCUT2D eigenvalue weighted by atomic mass is 19.1. The third-order valence-corrected chi connectivity index (χ3v) is 3.90. The first-order valence-electron chi connectivity index (χ1n) is 7.44. The van der Waals surface area contributed by atoms with Crippen LogP contribution in [0.5, 0.6) is 0 Å². The van der Waals surface area contributed by atoms with Gasteiger partial charge < -0.3 is 10.0 Å². The quantitative estimate of drug-likeness (QED) is 0.760. The van der Waals surface area contributed by atoms with Gasteiger partial charge in [0, 0.05) is 30.8 Å². The van der Waals surface area contributed by atoms with Crippen molar-refractivity contribution < 1.29 is 18.7 Å². The number of carbonyl (C=O) groups is 1. The minimum Gasteiger partial charge on any atom is -0.477 e. The van der Waals surface area contributed by atoms with Gasteiger partial charge in [-0.05, 0) is 47.5 Å². The summed E-state index contributed by atoms with van der Waals surface area (Å²) in [4.78, 5) is 16.4. The van der Waals surface area contributed by atoms with Crippen LogP contribution in [0.15, 0.2) is 60.9 Å². The van der Waals surface area contributed by atoms with E-state index in [0.717, 1.165) is 23.3 Å². The lowest BCUT2D eigenvalue weighted by molar-refractivity contribution is 0.0686. The van der Waals surface area contributed by atoms with Gasteiger partial charge in [-0.15, -0.1) is 0 Å². The molecule has 1 N–H and O–H groups in total. The Morgan fingerprint density at radius 2 is 1.44 bits per heavy atom. The molecule has 3 rings (SSSR count). The first-order chi connectivity index (χ1) is 12.0. The van der Waals surface area contributed by atoms with Gasteiger partial charge >= 0.3 is 5.97 Å². The van der Waals surface area contributed by atoms with Crippen molar-refractivity contribution in [2.24, 2.45) is 0 Å². The average molecular weight is 340 g/mol. The Hall–Kier alpha value is -3.28. The van der Waals surface area contributed by atoms with E-state index in [0.29, 0.717) is 5.69 Å². The van der Waals surface area contributed by atoms with Crippen molar-refractivity contribution in [1.82, 2.24) is 4.98 Å². The summed E-state index contributed by atoms with van der Waals surface area (Å²) in [6.45, 7) is 0. The lowest BCUT2D eigenvalue weighted by Crippen LogP contribution is -2.12. The summed E-state index contributed by atoms with van der Waals surface area (Å²) in [5.74, 6) is -3.85. The molecule has 1 heterocycles. The van der Waals surface area contributed by atoms with Crippen LogP contribution in [0.2, 0.25) is 0 Å². The van der Waals surface area contributed by atoms with Crippen LogP contribution in [0.1, 0.15) is 10.4 Å². The molecule has 1 aromatic heterocycles. The third kappa shape index (κ3) is 3.33. The molecule has 0 amide bonds. The molecule has 0 spiro atoms. The fraction of sp³-hybridized carbons (Fsp3) is 0.0526. The Morgan fingerprint density at radius 1 is 0.920 bits per heavy atom. The van der Waals surface area contributed by atoms with Gasteiger partial charge in [-0.3, -0.25) is 4.98 Å². The van der Waals surface area contributed by atoms with Gasteiger partial charge in [-0.25, -0.2) is 13.6 Å². The van der Waals surface area contributed by atoms with E-state index in [1.807, 2.05) is 36.4 Å². The Bertz CT molecular complexity index is 889. The number of hydrogen-bond donors (Lipinski definition) is 1. The number of carboxylic acid groups (broad SMARTS) is 1. The Kier molecular flexibility index (Phi) is 4.43. The predicted molar refractivity (Wildman–Crippen MR) is 91.1 cm³/mol. The summed E-state index contributed by atoms with van der Waals surface area (Å²) in [6.07, 6.45) is 3.40. The SMILES string of the molecule is CN(c1ccc(-c2ccncc2)cc1)c1cc(F)c(C(=O)O)c(F)c1. The van der Waals surface area contributed by atoms with Gasteiger partial charge in [0.05, 0.1) is 0 Å². The predicted octanol–water partition coefficient (Wildman–Crippen LogP) is 4.49. The van der Waals surface area contributed by atoms with Crippen molar-refractivity contribution in [3.8, 4) is 11.1 Å². The summed E-state index contributed by atoms with van der Waals surface area (Å²) >= 11 is 0. The Morgan fingerprint density at radius 3 is 1.96 bits per heavy atom. The van der Waals surface area contributed by atoms with Crippen molar-refractivity contribution >= 4 is 17.3 Å². The summed E-state index contributed by atoms with van der Waals surface area (Å²) in [7, 11) is 1.65. The second-order valence-electron chi connectivity index (χ2n) is 5.43. The molecule has 0 unspecified atom stereocenters. The van der Waals surface area contributed by atoms with Crippen molar-refractivity contribution in [2.75, 3.05) is 11.9 Å². The van der Waals surface area contributed by atoms with E-state index in [1.54, 1.807) is 24.3 Å². The molecular formula is C19H14F2N2O2. The number of nitrogens with zero attached hydrogens (tertiary/aromatic N) is 2. The molecule has 0 bridgehead atoms. The minimum absolute atomic E-state index is 0.219. The fourth-order valence-corrected chi connectivity index (χ4v) is 2.53. The number of anilines is 2. The average Bonchev–Trinajstić information content (AvgIpc) is 2.61. The zero-order valence-corrected chi connectivity index (χ0v) is 13.3. The van der Waals surface area contributed by atoms with E-state index in [1.165, 1.54) is 0 Å². The molecule has 2 aromatic carbocycles. The highest BCUT2D eigenvalue weighted by Gasteiger charge is 2.19. The van der Waals surface area contributed by atoms with E-state index in [2.05, 4.69) is 4.98 Å². The molecule has 126 valence electrons. The molecular weight excluding hydrogens is 326 g/mol. The van der Waals surface area contributed by atoms with E-state index in [-0.39, 0.29) is 5.69 Å². The maximum absolute atomic E-state index is 13.9. The van der Waals surface area contributed by atoms with Gasteiger partial charge in [-0.2, -0.15) is 0 Å². The lowest BCUT2D eigenvalue weighted by Gasteiger charge is -2.20. The summed E-state index contributed by atoms with van der Waals surface area (Å²) in [5.41, 5.74) is 1.96. The van der Waals surface area contributed by atoms with E-state index < -0.39 is 23.2 Å². The van der Waals surface area contributed by atoms with Crippen LogP contribution in [0.25, 0.3) is 11.1 Å². The number of benzene rings is 2. The van der Waals surface area contributed by atoms with Crippen LogP contribution in [0.4, 0.5) is 20.2 Å². The number of rotatable bonds is 4. The van der Waals surface area contributed by atoms with Crippen molar-refractivity contribution in [3.05, 3.63) is 78.1 Å². The molecule has 0 aliphatic heterocycles. The molecule has 0 saturated heterocycles. The van der Waals surface area contributed by atoms with Gasteiger partial charge in [0.1, 0.15) is 17.2 Å². The highest BCUT2D eigenvalue weighted by molar-refractivity contribution is 5.89. The third-order valence-electron chi connectivity index (χ3n) is 3.90. The molecule has 0 aliphatic rings. The Balaban J connectivity index is 1.91. The molecule has 0 aliphatic carbocycles. The van der Waals surface area contributed by atoms with Crippen LogP contribution in [-0.4, -0.2) is 23.1 Å². The smallest absolute Gasteiger partial charge is 0.341 e. The summed E-state index contributed by atoms with van der Waals surface area (Å²) in [6, 6.07) is 13.2. The molecule has 0 fully saturated rings. The second kappa shape index (κ2) is 6.68. The lowest BCUT2D eigenvalue weighted by atomic mass is 10.1. The topological polar surface area (TPSA) is 53.4 Å². The molecule has 6 heteroatoms. The van der Waals surface area contributed by atoms with E-state index >= 15 is 0 Å². The molecule has 0 radical (unpaired) electrons. The van der Waals surface area contributed by atoms with Gasteiger partial charge in [0.2, 0.25) is 0 Å². The molecule has 3 aromatic rings. The van der Waals surface area contributed by atoms with Gasteiger partial charge in [-0.1, -0.05) is 12.1 Å². The molecule has 25 heavy (non-hydrogen) atoms. The Labute approximate surface area is 143 Å². The van der Waals surface area contributed by atoms with Crippen molar-refractivity contribution in [2.45, 2.75) is 0 Å². The van der Waals surface area contributed by atoms with Crippen LogP contribution in [0.3, 0.4) is 0 Å². The monoisotopic (exact) mass is 340 g/mol. The van der Waals surface area contributed by atoms with Gasteiger partial charge in [0.15, 0.2) is 0 Å². The van der Waals surface area contributed by atoms with Crippen LogP contribution in [0, 0.1) is 11.6 Å². The fourth-order valence-electron chi connectivity index (χ4n) is 2.53. The van der Waals surface area contributed by atoms with Crippen LogP contribution >= 0.6 is 0 Å². The summed E-state index contributed by atoms with van der Waals surface area (Å²) in [5, 5.41) is 8.83. The zero-order valence-electron chi connectivity index (χ0n) is 13.3. The maximum Gasteiger partial charge on any atom is 0.341 e. The molecule has 0 saturated carbocycles. The number of carboxylic acids is 1. The number of halogens is 2. The van der Waals surface area contributed by atoms with E-state index in [9.17, 15) is 13.6 Å². The van der Waals surface area contributed by atoms with Crippen LogP contribution < -0.4 is 4.90 Å². The zero-order chi connectivity index (χ0) is 18.0. The first kappa shape index (κ1) is 16.6. The second-order valence-corrected chi connectivity index (χ2v) is 5.43. The number of aromatic nitrogens is 1. The number of hydrogen-bond acceptors (Lipinski definition) is 3. The van der Waals surface area contributed by atoms with Crippen molar-refractivity contribution in [1.29, 1.82) is 0 Å². The largest absolute Gasteiger partial charge is 0.477 e. The van der Waals surface area contributed by atoms with Crippen LogP contribution in [-0.2, 0) is 0 Å². The van der Waals surface area contributed by atoms with E-state index in [4.69, 9.17) is 5.11 Å². The van der Waals surface area contributed by atoms with Gasteiger partial charge in [0.25, 0.3) is 0 Å². The minimum atomic E-state index is -1.63. The molecule has 4 nitrogen and oxygen atoms in total. The first-order valence-corrected chi connectivity index (χ1v) is 7.44. The van der Waals surface area contributed by atoms with Crippen molar-refractivity contribution in [3.63, 3.8) is 0 Å². The number of pyridine rings is 1. The normalized spacial score (nSPS) is 10.5. The number of aromatic carboxylic acids is 1. The maximum atomic E-state index is 13.9. The highest BCUT2D eigenvalue weighted by Crippen LogP contribution is 2.29. The standard InChI is InChI=1S/C19H14F2N2O2/c1-23(15-10-16(20)18(19(24)25)17(21)11-15)14-4-2-12(3-5-14)13-6-8-22-9-7-13/h2-11H,1H3,(H,24,25). The summed E-state index contributed by atoms with van der Waals surface area (Å²) < 4.78 is 27.7.